The molecule has 0 atom stereocenters. The van der Waals surface area contributed by atoms with Crippen LogP contribution in [0.4, 0.5) is 0 Å². The van der Waals surface area contributed by atoms with Crippen LogP contribution in [0, 0.1) is 5.92 Å². The molecular weight excluding hydrogens is 120 g/mol. The van der Waals surface area contributed by atoms with E-state index in [1.54, 1.807) is 0 Å². The Kier molecular flexibility index (Phi) is 19.4. The lowest BCUT2D eigenvalue weighted by Crippen LogP contribution is -2.08. The Labute approximate surface area is 68.0 Å². The quantitative estimate of drug-likeness (QED) is 0.511. The molecule has 0 heterocycles. The lowest BCUT2D eigenvalue weighted by molar-refractivity contribution is 0.307. The maximum absolute atomic E-state index is 2.28. The van der Waals surface area contributed by atoms with Gasteiger partial charge in [0.1, 0.15) is 0 Å². The second kappa shape index (κ2) is 11.8. The zero-order valence-corrected chi connectivity index (χ0v) is 6.41. The zero-order chi connectivity index (χ0) is 6.41. The summed E-state index contributed by atoms with van der Waals surface area (Å²) in [5, 5.41) is 0. The van der Waals surface area contributed by atoms with Gasteiger partial charge in [-0.2, -0.15) is 0 Å². The van der Waals surface area contributed by atoms with Crippen LogP contribution >= 0.6 is 0 Å². The molecule has 0 spiro atoms. The van der Waals surface area contributed by atoms with Gasteiger partial charge in [-0.1, -0.05) is 61.3 Å². The van der Waals surface area contributed by atoms with Crippen molar-refractivity contribution in [1.29, 1.82) is 0 Å². The topological polar surface area (TPSA) is 0 Å². The first kappa shape index (κ1) is 16.5. The third-order valence-electron chi connectivity index (χ3n) is 1.80. The van der Waals surface area contributed by atoms with Crippen LogP contribution in [0.15, 0.2) is 0 Å². The summed E-state index contributed by atoms with van der Waals surface area (Å²) >= 11 is 0. The number of rotatable bonds is 1. The van der Waals surface area contributed by atoms with Crippen molar-refractivity contribution in [3.8, 4) is 0 Å². The van der Waals surface area contributed by atoms with E-state index in [2.05, 4.69) is 6.92 Å². The minimum atomic E-state index is 0. The minimum Gasteiger partial charge on any atom is -0.0776 e. The minimum absolute atomic E-state index is 0. The molecule has 66 valence electrons. The van der Waals surface area contributed by atoms with Crippen molar-refractivity contribution < 1.29 is 0 Å². The highest BCUT2D eigenvalue weighted by molar-refractivity contribution is 4.66. The van der Waals surface area contributed by atoms with Crippen molar-refractivity contribution in [2.45, 2.75) is 61.3 Å². The Morgan fingerprint density at radius 1 is 1.10 bits per heavy atom. The van der Waals surface area contributed by atoms with E-state index < -0.39 is 0 Å². The monoisotopic (exact) mass is 146 g/mol. The van der Waals surface area contributed by atoms with E-state index in [9.17, 15) is 0 Å². The highest BCUT2D eigenvalue weighted by Crippen LogP contribution is 2.28. The van der Waals surface area contributed by atoms with Crippen LogP contribution in [-0.2, 0) is 0 Å². The van der Waals surface area contributed by atoms with Crippen LogP contribution < -0.4 is 0 Å². The van der Waals surface area contributed by atoms with Crippen molar-refractivity contribution in [2.75, 3.05) is 0 Å². The molecule has 0 N–H and O–H groups in total. The molecular formula is C10H26. The van der Waals surface area contributed by atoms with Crippen LogP contribution in [0.2, 0.25) is 0 Å². The first-order valence-electron chi connectivity index (χ1n) is 3.93. The Balaban J connectivity index is -0.000000114. The maximum atomic E-state index is 2.28. The van der Waals surface area contributed by atoms with E-state index in [-0.39, 0.29) is 14.9 Å². The maximum Gasteiger partial charge on any atom is -0.0417 e. The van der Waals surface area contributed by atoms with Gasteiger partial charge in [-0.05, 0) is 5.92 Å². The van der Waals surface area contributed by atoms with Crippen molar-refractivity contribution in [1.82, 2.24) is 0 Å². The van der Waals surface area contributed by atoms with Crippen molar-refractivity contribution in [2.24, 2.45) is 5.92 Å². The lowest BCUT2D eigenvalue weighted by atomic mass is 9.84. The van der Waals surface area contributed by atoms with Crippen molar-refractivity contribution in [3.05, 3.63) is 0 Å². The summed E-state index contributed by atoms with van der Waals surface area (Å²) in [6.45, 7) is 6.28. The Morgan fingerprint density at radius 2 is 1.50 bits per heavy atom. The van der Waals surface area contributed by atoms with Gasteiger partial charge in [0, 0.05) is 0 Å². The van der Waals surface area contributed by atoms with Gasteiger partial charge in [0.2, 0.25) is 0 Å². The van der Waals surface area contributed by atoms with E-state index in [1.807, 2.05) is 13.8 Å². The predicted molar refractivity (Wildman–Crippen MR) is 52.4 cm³/mol. The van der Waals surface area contributed by atoms with Gasteiger partial charge in [-0.3, -0.25) is 0 Å². The molecule has 1 aliphatic carbocycles. The summed E-state index contributed by atoms with van der Waals surface area (Å²) in [6.07, 6.45) is 5.94. The molecule has 0 radical (unpaired) electrons. The molecule has 0 aromatic carbocycles. The van der Waals surface area contributed by atoms with E-state index >= 15 is 0 Å². The molecule has 1 fully saturated rings. The number of hydrogen-bond donors (Lipinski definition) is 0. The molecule has 0 aromatic rings. The third kappa shape index (κ3) is 6.12. The summed E-state index contributed by atoms with van der Waals surface area (Å²) in [5.74, 6) is 1.12. The molecule has 0 aromatic heterocycles. The van der Waals surface area contributed by atoms with Gasteiger partial charge in [-0.25, -0.2) is 0 Å². The first-order chi connectivity index (χ1) is 3.93. The van der Waals surface area contributed by atoms with Crippen molar-refractivity contribution >= 4 is 0 Å². The molecule has 0 amide bonds. The van der Waals surface area contributed by atoms with Gasteiger partial charge >= 0.3 is 0 Å². The summed E-state index contributed by atoms with van der Waals surface area (Å²) < 4.78 is 0. The van der Waals surface area contributed by atoms with Crippen LogP contribution in [0.1, 0.15) is 61.3 Å². The van der Waals surface area contributed by atoms with E-state index in [0.29, 0.717) is 0 Å². The molecule has 0 heteroatoms. The molecule has 1 saturated carbocycles. The summed E-state index contributed by atoms with van der Waals surface area (Å²) in [7, 11) is 0. The van der Waals surface area contributed by atoms with Crippen molar-refractivity contribution in [3.63, 3.8) is 0 Å². The average Bonchev–Trinajstić information content (AvgIpc) is 1.69. The van der Waals surface area contributed by atoms with E-state index in [0.717, 1.165) is 5.92 Å². The molecule has 0 saturated heterocycles. The van der Waals surface area contributed by atoms with Gasteiger partial charge in [0.25, 0.3) is 0 Å². The molecule has 1 rings (SSSR count). The highest BCUT2D eigenvalue weighted by atomic mass is 14.2. The Hall–Kier alpha value is 0. The zero-order valence-electron chi connectivity index (χ0n) is 6.41. The molecule has 0 unspecified atom stereocenters. The fourth-order valence-electron chi connectivity index (χ4n) is 0.901. The van der Waals surface area contributed by atoms with Gasteiger partial charge in [-0.15, -0.1) is 0 Å². The Morgan fingerprint density at radius 3 is 1.50 bits per heavy atom. The normalized spacial score (nSPS) is 14.7. The van der Waals surface area contributed by atoms with E-state index in [4.69, 9.17) is 0 Å². The first-order valence-corrected chi connectivity index (χ1v) is 3.93. The van der Waals surface area contributed by atoms with Crippen LogP contribution in [-0.4, -0.2) is 0 Å². The van der Waals surface area contributed by atoms with Crippen LogP contribution in [0.3, 0.4) is 0 Å². The fraction of sp³-hybridized carbons (Fsp3) is 1.00. The predicted octanol–water partition coefficient (Wildman–Crippen LogP) is 4.49. The number of hydrogen-bond acceptors (Lipinski definition) is 0. The summed E-state index contributed by atoms with van der Waals surface area (Å²) in [5.41, 5.74) is 0. The average molecular weight is 146 g/mol. The second-order valence-electron chi connectivity index (χ2n) is 2.21. The highest BCUT2D eigenvalue weighted by Gasteiger charge is 2.13. The fourth-order valence-corrected chi connectivity index (χ4v) is 0.901. The van der Waals surface area contributed by atoms with Gasteiger partial charge < -0.3 is 0 Å². The third-order valence-corrected chi connectivity index (χ3v) is 1.80. The van der Waals surface area contributed by atoms with Gasteiger partial charge in [0.05, 0.1) is 0 Å². The second-order valence-corrected chi connectivity index (χ2v) is 2.21. The largest absolute Gasteiger partial charge is 0.0776 e. The van der Waals surface area contributed by atoms with E-state index in [1.165, 1.54) is 25.7 Å². The molecule has 10 heavy (non-hydrogen) atoms. The molecule has 0 nitrogen and oxygen atoms in total. The summed E-state index contributed by atoms with van der Waals surface area (Å²) in [6, 6.07) is 0. The molecule has 0 bridgehead atoms. The molecule has 1 aliphatic rings. The van der Waals surface area contributed by atoms with Crippen LogP contribution in [0.25, 0.3) is 0 Å². The summed E-state index contributed by atoms with van der Waals surface area (Å²) in [4.78, 5) is 0. The smallest absolute Gasteiger partial charge is 0.0417 e. The van der Waals surface area contributed by atoms with Gasteiger partial charge in [0.15, 0.2) is 0 Å². The van der Waals surface area contributed by atoms with Crippen LogP contribution in [0.5, 0.6) is 0 Å². The Bertz CT molecular complexity index is 32.5. The molecule has 0 aliphatic heterocycles. The lowest BCUT2D eigenvalue weighted by Gasteiger charge is -2.22. The SMILES string of the molecule is C.C.CC.CCC1CCC1. The standard InChI is InChI=1S/C6H12.C2H6.2CH4/c1-2-6-4-3-5-6;1-2;;/h6H,2-5H2,1H3;1-2H3;2*1H4.